The minimum atomic E-state index is -0.424. The Morgan fingerprint density at radius 3 is 2.68 bits per heavy atom. The first kappa shape index (κ1) is 13.9. The zero-order chi connectivity index (χ0) is 13.8. The summed E-state index contributed by atoms with van der Waals surface area (Å²) in [6.45, 7) is 0. The van der Waals surface area contributed by atoms with Crippen LogP contribution in [-0.4, -0.2) is 40.2 Å². The largest absolute Gasteiger partial charge is 0.508 e. The van der Waals surface area contributed by atoms with E-state index in [1.165, 1.54) is 0 Å². The summed E-state index contributed by atoms with van der Waals surface area (Å²) in [7, 11) is 1.74. The molecule has 104 valence electrons. The molecule has 2 unspecified atom stereocenters. The molecule has 1 saturated carbocycles. The Labute approximate surface area is 113 Å². The number of likely N-dealkylation sites (N-methyl/N-ethyl adjacent to an activating group) is 1. The number of aliphatic hydroxyl groups excluding tert-OH is 1. The van der Waals surface area contributed by atoms with Gasteiger partial charge in [0.1, 0.15) is 5.75 Å². The second kappa shape index (κ2) is 6.06. The highest BCUT2D eigenvalue weighted by Gasteiger charge is 2.29. The standard InChI is InChI=1S/C15H21NO3/c1-16(12-7-3-5-9-14(12)18)15(19)10-11-6-2-4-8-13(11)17/h2,4,6,8,12,14,17-18H,3,5,7,9-10H2,1H3. The summed E-state index contributed by atoms with van der Waals surface area (Å²) in [4.78, 5) is 13.8. The van der Waals surface area contributed by atoms with E-state index >= 15 is 0 Å². The SMILES string of the molecule is CN(C(=O)Cc1ccccc1O)C1CCCCC1O. The Kier molecular flexibility index (Phi) is 4.43. The summed E-state index contributed by atoms with van der Waals surface area (Å²) >= 11 is 0. The molecule has 0 aliphatic heterocycles. The van der Waals surface area contributed by atoms with Crippen molar-refractivity contribution in [3.63, 3.8) is 0 Å². The van der Waals surface area contributed by atoms with E-state index in [0.29, 0.717) is 5.56 Å². The van der Waals surface area contributed by atoms with E-state index in [1.807, 2.05) is 0 Å². The third-order valence-corrected chi connectivity index (χ3v) is 3.92. The van der Waals surface area contributed by atoms with Crippen molar-refractivity contribution in [1.82, 2.24) is 4.90 Å². The molecule has 0 heterocycles. The van der Waals surface area contributed by atoms with Crippen molar-refractivity contribution >= 4 is 5.91 Å². The fourth-order valence-corrected chi connectivity index (χ4v) is 2.68. The number of aromatic hydroxyl groups is 1. The van der Waals surface area contributed by atoms with Crippen molar-refractivity contribution in [2.75, 3.05) is 7.05 Å². The summed E-state index contributed by atoms with van der Waals surface area (Å²) in [5.74, 6) is 0.0842. The van der Waals surface area contributed by atoms with Gasteiger partial charge in [-0.2, -0.15) is 0 Å². The Bertz CT molecular complexity index is 447. The van der Waals surface area contributed by atoms with E-state index in [9.17, 15) is 15.0 Å². The molecule has 1 aliphatic rings. The second-order valence-corrected chi connectivity index (χ2v) is 5.23. The van der Waals surface area contributed by atoms with Gasteiger partial charge in [0.25, 0.3) is 0 Å². The van der Waals surface area contributed by atoms with E-state index in [1.54, 1.807) is 36.2 Å². The van der Waals surface area contributed by atoms with Crippen LogP contribution in [-0.2, 0) is 11.2 Å². The first-order valence-corrected chi connectivity index (χ1v) is 6.80. The van der Waals surface area contributed by atoms with Crippen LogP contribution in [0.15, 0.2) is 24.3 Å². The smallest absolute Gasteiger partial charge is 0.227 e. The van der Waals surface area contributed by atoms with Crippen molar-refractivity contribution in [2.45, 2.75) is 44.2 Å². The fraction of sp³-hybridized carbons (Fsp3) is 0.533. The highest BCUT2D eigenvalue weighted by atomic mass is 16.3. The first-order valence-electron chi connectivity index (χ1n) is 6.80. The minimum Gasteiger partial charge on any atom is -0.508 e. The molecule has 4 nitrogen and oxygen atoms in total. The summed E-state index contributed by atoms with van der Waals surface area (Å²) in [5, 5.41) is 19.6. The van der Waals surface area contributed by atoms with Crippen LogP contribution in [0.5, 0.6) is 5.75 Å². The van der Waals surface area contributed by atoms with Crippen molar-refractivity contribution < 1.29 is 15.0 Å². The van der Waals surface area contributed by atoms with E-state index in [2.05, 4.69) is 0 Å². The third-order valence-electron chi connectivity index (χ3n) is 3.92. The molecule has 0 aromatic heterocycles. The molecule has 4 heteroatoms. The topological polar surface area (TPSA) is 60.8 Å². The van der Waals surface area contributed by atoms with Crippen LogP contribution < -0.4 is 0 Å². The molecule has 2 rings (SSSR count). The Balaban J connectivity index is 2.01. The normalized spacial score (nSPS) is 23.1. The van der Waals surface area contributed by atoms with Gasteiger partial charge in [-0.15, -0.1) is 0 Å². The number of phenols is 1. The number of carbonyl (C=O) groups is 1. The minimum absolute atomic E-state index is 0.0625. The van der Waals surface area contributed by atoms with Crippen LogP contribution in [0.25, 0.3) is 0 Å². The van der Waals surface area contributed by atoms with E-state index < -0.39 is 6.10 Å². The van der Waals surface area contributed by atoms with Gasteiger partial charge in [-0.3, -0.25) is 4.79 Å². The molecule has 1 amide bonds. The Morgan fingerprint density at radius 1 is 1.32 bits per heavy atom. The van der Waals surface area contributed by atoms with Crippen LogP contribution in [0.3, 0.4) is 0 Å². The van der Waals surface area contributed by atoms with Crippen molar-refractivity contribution in [3.05, 3.63) is 29.8 Å². The zero-order valence-electron chi connectivity index (χ0n) is 11.2. The second-order valence-electron chi connectivity index (χ2n) is 5.23. The summed E-state index contributed by atoms with van der Waals surface area (Å²) < 4.78 is 0. The molecule has 0 saturated heterocycles. The monoisotopic (exact) mass is 263 g/mol. The number of rotatable bonds is 3. The number of benzene rings is 1. The molecule has 2 atom stereocenters. The van der Waals surface area contributed by atoms with Crippen molar-refractivity contribution in [1.29, 1.82) is 0 Å². The van der Waals surface area contributed by atoms with Gasteiger partial charge in [0, 0.05) is 12.6 Å². The number of phenolic OH excluding ortho intramolecular Hbond substituents is 1. The molecule has 0 bridgehead atoms. The van der Waals surface area contributed by atoms with Gasteiger partial charge in [-0.05, 0) is 18.9 Å². The maximum atomic E-state index is 12.2. The average molecular weight is 263 g/mol. The number of amides is 1. The van der Waals surface area contributed by atoms with Crippen molar-refractivity contribution in [3.8, 4) is 5.75 Å². The predicted octanol–water partition coefficient (Wildman–Crippen LogP) is 1.70. The summed E-state index contributed by atoms with van der Waals surface area (Å²) in [6, 6.07) is 6.78. The lowest BCUT2D eigenvalue weighted by Crippen LogP contribution is -2.46. The lowest BCUT2D eigenvalue weighted by molar-refractivity contribution is -0.134. The number of hydrogen-bond acceptors (Lipinski definition) is 3. The van der Waals surface area contributed by atoms with Crippen LogP contribution in [0.4, 0.5) is 0 Å². The molecule has 1 fully saturated rings. The van der Waals surface area contributed by atoms with Crippen LogP contribution in [0.2, 0.25) is 0 Å². The zero-order valence-corrected chi connectivity index (χ0v) is 11.2. The number of hydrogen-bond donors (Lipinski definition) is 2. The summed E-state index contributed by atoms with van der Waals surface area (Å²) in [6.07, 6.45) is 3.44. The molecule has 0 radical (unpaired) electrons. The van der Waals surface area contributed by atoms with Crippen LogP contribution in [0.1, 0.15) is 31.2 Å². The molecule has 1 aromatic carbocycles. The van der Waals surface area contributed by atoms with Crippen LogP contribution >= 0.6 is 0 Å². The van der Waals surface area contributed by atoms with Gasteiger partial charge in [-0.25, -0.2) is 0 Å². The Hall–Kier alpha value is -1.55. The fourth-order valence-electron chi connectivity index (χ4n) is 2.68. The molecule has 1 aliphatic carbocycles. The number of para-hydroxylation sites is 1. The summed E-state index contributed by atoms with van der Waals surface area (Å²) in [5.41, 5.74) is 0.629. The molecule has 19 heavy (non-hydrogen) atoms. The quantitative estimate of drug-likeness (QED) is 0.872. The maximum absolute atomic E-state index is 12.2. The molecule has 1 aromatic rings. The van der Waals surface area contributed by atoms with Crippen molar-refractivity contribution in [2.24, 2.45) is 0 Å². The lowest BCUT2D eigenvalue weighted by Gasteiger charge is -2.35. The number of carbonyl (C=O) groups excluding carboxylic acids is 1. The first-order chi connectivity index (χ1) is 9.09. The highest BCUT2D eigenvalue weighted by molar-refractivity contribution is 5.79. The molecular formula is C15H21NO3. The third kappa shape index (κ3) is 3.26. The molecule has 2 N–H and O–H groups in total. The maximum Gasteiger partial charge on any atom is 0.227 e. The highest BCUT2D eigenvalue weighted by Crippen LogP contribution is 2.24. The number of nitrogens with zero attached hydrogens (tertiary/aromatic N) is 1. The average Bonchev–Trinajstić information content (AvgIpc) is 2.41. The van der Waals surface area contributed by atoms with E-state index in [-0.39, 0.29) is 24.1 Å². The van der Waals surface area contributed by atoms with Gasteiger partial charge < -0.3 is 15.1 Å². The lowest BCUT2D eigenvalue weighted by atomic mass is 9.91. The van der Waals surface area contributed by atoms with Gasteiger partial charge in [0.15, 0.2) is 0 Å². The van der Waals surface area contributed by atoms with Gasteiger partial charge in [0.05, 0.1) is 18.6 Å². The van der Waals surface area contributed by atoms with Gasteiger partial charge >= 0.3 is 0 Å². The van der Waals surface area contributed by atoms with E-state index in [4.69, 9.17) is 0 Å². The van der Waals surface area contributed by atoms with E-state index in [0.717, 1.165) is 25.7 Å². The van der Waals surface area contributed by atoms with Gasteiger partial charge in [-0.1, -0.05) is 31.0 Å². The van der Waals surface area contributed by atoms with Crippen LogP contribution in [0, 0.1) is 0 Å². The van der Waals surface area contributed by atoms with Gasteiger partial charge in [0.2, 0.25) is 5.91 Å². The Morgan fingerprint density at radius 2 is 2.00 bits per heavy atom. The number of aliphatic hydroxyl groups is 1. The molecular weight excluding hydrogens is 242 g/mol. The predicted molar refractivity (Wildman–Crippen MR) is 72.8 cm³/mol. The molecule has 0 spiro atoms.